The van der Waals surface area contributed by atoms with Crippen LogP contribution in [0.2, 0.25) is 0 Å². The molecule has 0 aliphatic rings. The minimum Gasteiger partial charge on any atom is -0.427 e. The van der Waals surface area contributed by atoms with E-state index in [2.05, 4.69) is 4.98 Å². The summed E-state index contributed by atoms with van der Waals surface area (Å²) >= 11 is 1.40. The van der Waals surface area contributed by atoms with Gasteiger partial charge in [-0.3, -0.25) is 4.79 Å². The number of rotatable bonds is 2. The van der Waals surface area contributed by atoms with Crippen LogP contribution < -0.4 is 10.4 Å². The smallest absolute Gasteiger partial charge is 0.346 e. The molecule has 6 heteroatoms. The van der Waals surface area contributed by atoms with Crippen molar-refractivity contribution < 1.29 is 13.9 Å². The lowest BCUT2D eigenvalue weighted by atomic mass is 10.2. The molecule has 0 bridgehead atoms. The van der Waals surface area contributed by atoms with Crippen LogP contribution in [-0.4, -0.2) is 11.0 Å². The van der Waals surface area contributed by atoms with Crippen LogP contribution >= 0.6 is 11.3 Å². The summed E-state index contributed by atoms with van der Waals surface area (Å²) in [5.74, 6) is -0.0810. The highest BCUT2D eigenvalue weighted by Crippen LogP contribution is 2.26. The van der Waals surface area contributed by atoms with Gasteiger partial charge in [0.1, 0.15) is 16.3 Å². The van der Waals surface area contributed by atoms with Gasteiger partial charge in [0.15, 0.2) is 0 Å². The van der Waals surface area contributed by atoms with Crippen molar-refractivity contribution in [3.8, 4) is 16.3 Å². The summed E-state index contributed by atoms with van der Waals surface area (Å²) in [5, 5.41) is 3.25. The third-order valence-corrected chi connectivity index (χ3v) is 3.81. The zero-order chi connectivity index (χ0) is 15.0. The molecule has 0 amide bonds. The van der Waals surface area contributed by atoms with Crippen LogP contribution in [0.1, 0.15) is 12.6 Å². The number of esters is 1. The van der Waals surface area contributed by atoms with E-state index in [1.54, 1.807) is 18.2 Å². The monoisotopic (exact) mass is 301 g/mol. The maximum Gasteiger partial charge on any atom is 0.346 e. The van der Waals surface area contributed by atoms with Gasteiger partial charge < -0.3 is 9.15 Å². The molecule has 106 valence electrons. The van der Waals surface area contributed by atoms with Crippen LogP contribution in [0, 0.1) is 6.92 Å². The van der Waals surface area contributed by atoms with Gasteiger partial charge in [0, 0.05) is 29.5 Å². The number of thiazole rings is 1. The van der Waals surface area contributed by atoms with E-state index in [0.717, 1.165) is 11.1 Å². The van der Waals surface area contributed by atoms with Gasteiger partial charge in [0.05, 0.1) is 5.56 Å². The lowest BCUT2D eigenvalue weighted by Crippen LogP contribution is -2.04. The normalized spacial score (nSPS) is 10.8. The zero-order valence-corrected chi connectivity index (χ0v) is 12.2. The summed E-state index contributed by atoms with van der Waals surface area (Å²) in [6, 6.07) is 6.65. The number of benzene rings is 1. The Hall–Kier alpha value is -2.47. The van der Waals surface area contributed by atoms with Crippen molar-refractivity contribution in [1.82, 2.24) is 4.98 Å². The summed E-state index contributed by atoms with van der Waals surface area (Å²) in [4.78, 5) is 27.3. The molecule has 1 aromatic carbocycles. The Balaban J connectivity index is 2.12. The van der Waals surface area contributed by atoms with E-state index in [0.29, 0.717) is 21.9 Å². The molecule has 0 saturated heterocycles. The second-order valence-corrected chi connectivity index (χ2v) is 5.39. The Morgan fingerprint density at radius 1 is 1.33 bits per heavy atom. The molecule has 0 atom stereocenters. The molecule has 5 nitrogen and oxygen atoms in total. The molecule has 3 aromatic rings. The van der Waals surface area contributed by atoms with Gasteiger partial charge >= 0.3 is 11.6 Å². The number of aryl methyl sites for hydroxylation is 1. The van der Waals surface area contributed by atoms with Crippen molar-refractivity contribution in [1.29, 1.82) is 0 Å². The number of hydrogen-bond acceptors (Lipinski definition) is 6. The maximum absolute atomic E-state index is 12.1. The summed E-state index contributed by atoms with van der Waals surface area (Å²) in [6.45, 7) is 3.18. The zero-order valence-electron chi connectivity index (χ0n) is 11.4. The summed E-state index contributed by atoms with van der Waals surface area (Å²) in [5.41, 5.74) is 1.20. The first kappa shape index (κ1) is 13.5. The van der Waals surface area contributed by atoms with E-state index in [1.807, 2.05) is 12.3 Å². The Kier molecular flexibility index (Phi) is 3.31. The number of nitrogens with zero attached hydrogens (tertiary/aromatic N) is 1. The number of fused-ring (bicyclic) bond motifs is 1. The molecule has 0 fully saturated rings. The molecule has 21 heavy (non-hydrogen) atoms. The van der Waals surface area contributed by atoms with E-state index >= 15 is 0 Å². The van der Waals surface area contributed by atoms with Crippen LogP contribution in [0.5, 0.6) is 5.75 Å². The highest BCUT2D eigenvalue weighted by atomic mass is 32.1. The predicted molar refractivity (Wildman–Crippen MR) is 79.6 cm³/mol. The maximum atomic E-state index is 12.1. The number of aromatic nitrogens is 1. The third-order valence-electron chi connectivity index (χ3n) is 2.82. The van der Waals surface area contributed by atoms with Crippen molar-refractivity contribution in [3.63, 3.8) is 0 Å². The molecule has 3 rings (SSSR count). The first-order valence-electron chi connectivity index (χ1n) is 6.22. The quantitative estimate of drug-likeness (QED) is 0.413. The van der Waals surface area contributed by atoms with Crippen LogP contribution in [-0.2, 0) is 4.79 Å². The van der Waals surface area contributed by atoms with Gasteiger partial charge in [-0.2, -0.15) is 0 Å². The molecule has 0 aliphatic heterocycles. The Bertz CT molecular complexity index is 894. The topological polar surface area (TPSA) is 69.4 Å². The molecule has 0 saturated carbocycles. The average Bonchev–Trinajstić information content (AvgIpc) is 2.83. The van der Waals surface area contributed by atoms with E-state index in [4.69, 9.17) is 9.15 Å². The van der Waals surface area contributed by atoms with Gasteiger partial charge in [0.25, 0.3) is 0 Å². The summed E-state index contributed by atoms with van der Waals surface area (Å²) < 4.78 is 10.3. The first-order valence-corrected chi connectivity index (χ1v) is 7.10. The largest absolute Gasteiger partial charge is 0.427 e. The first-order chi connectivity index (χ1) is 10.0. The highest BCUT2D eigenvalue weighted by Gasteiger charge is 2.12. The molecular formula is C15H11NO4S. The standard InChI is InChI=1S/C15H11NO4S/c1-8-7-21-14(16-8)12-5-10-3-4-11(19-9(2)17)6-13(10)20-15(12)18/h3-7H,1-2H3. The number of carbonyl (C=O) groups is 1. The lowest BCUT2D eigenvalue weighted by Gasteiger charge is -2.03. The van der Waals surface area contributed by atoms with Crippen LogP contribution in [0.25, 0.3) is 21.5 Å². The van der Waals surface area contributed by atoms with Gasteiger partial charge in [0.2, 0.25) is 0 Å². The molecule has 2 heterocycles. The van der Waals surface area contributed by atoms with Crippen molar-refractivity contribution >= 4 is 28.3 Å². The van der Waals surface area contributed by atoms with Gasteiger partial charge in [-0.1, -0.05) is 0 Å². The predicted octanol–water partition coefficient (Wildman–Crippen LogP) is 3.15. The molecular weight excluding hydrogens is 290 g/mol. The van der Waals surface area contributed by atoms with Gasteiger partial charge in [-0.05, 0) is 25.1 Å². The molecule has 0 aliphatic carbocycles. The fourth-order valence-electron chi connectivity index (χ4n) is 1.95. The molecule has 0 N–H and O–H groups in total. The molecule has 0 unspecified atom stereocenters. The van der Waals surface area contributed by atoms with E-state index in [1.165, 1.54) is 24.3 Å². The van der Waals surface area contributed by atoms with Crippen molar-refractivity contribution in [2.75, 3.05) is 0 Å². The van der Waals surface area contributed by atoms with Crippen LogP contribution in [0.3, 0.4) is 0 Å². The average molecular weight is 301 g/mol. The summed E-state index contributed by atoms with van der Waals surface area (Å²) in [7, 11) is 0. The fourth-order valence-corrected chi connectivity index (χ4v) is 2.75. The number of carbonyl (C=O) groups excluding carboxylic acids is 1. The second-order valence-electron chi connectivity index (χ2n) is 4.53. The van der Waals surface area contributed by atoms with E-state index in [9.17, 15) is 9.59 Å². The fraction of sp³-hybridized carbons (Fsp3) is 0.133. The van der Waals surface area contributed by atoms with E-state index in [-0.39, 0.29) is 0 Å². The summed E-state index contributed by atoms with van der Waals surface area (Å²) in [6.07, 6.45) is 0. The number of hydrogen-bond donors (Lipinski definition) is 0. The highest BCUT2D eigenvalue weighted by molar-refractivity contribution is 7.13. The van der Waals surface area contributed by atoms with Crippen molar-refractivity contribution in [2.24, 2.45) is 0 Å². The Labute approximate surface area is 123 Å². The SMILES string of the molecule is CC(=O)Oc1ccc2cc(-c3nc(C)cs3)c(=O)oc2c1. The third kappa shape index (κ3) is 2.71. The Morgan fingerprint density at radius 2 is 2.14 bits per heavy atom. The van der Waals surface area contributed by atoms with Crippen LogP contribution in [0.4, 0.5) is 0 Å². The molecule has 0 spiro atoms. The van der Waals surface area contributed by atoms with Crippen molar-refractivity contribution in [2.45, 2.75) is 13.8 Å². The van der Waals surface area contributed by atoms with Gasteiger partial charge in [-0.25, -0.2) is 9.78 Å². The molecule has 0 radical (unpaired) electrons. The van der Waals surface area contributed by atoms with Gasteiger partial charge in [-0.15, -0.1) is 11.3 Å². The molecule has 2 aromatic heterocycles. The lowest BCUT2D eigenvalue weighted by molar-refractivity contribution is -0.131. The van der Waals surface area contributed by atoms with E-state index < -0.39 is 11.6 Å². The minimum atomic E-state index is -0.461. The minimum absolute atomic E-state index is 0.344. The van der Waals surface area contributed by atoms with Crippen molar-refractivity contribution in [3.05, 3.63) is 45.8 Å². The van der Waals surface area contributed by atoms with Crippen LogP contribution in [0.15, 0.2) is 38.9 Å². The Morgan fingerprint density at radius 3 is 2.81 bits per heavy atom. The second kappa shape index (κ2) is 5.14. The number of ether oxygens (including phenoxy) is 1.